The summed E-state index contributed by atoms with van der Waals surface area (Å²) in [6.07, 6.45) is 6.78. The smallest absolute Gasteiger partial charge is 0.228 e. The minimum Gasteiger partial charge on any atom is -0.298 e. The fourth-order valence-corrected chi connectivity index (χ4v) is 4.90. The number of fused-ring (bicyclic) bond motifs is 1. The lowest BCUT2D eigenvalue weighted by Crippen LogP contribution is -2.38. The Balaban J connectivity index is 1.42. The maximum atomic E-state index is 14.3. The largest absolute Gasteiger partial charge is 0.298 e. The molecule has 2 aromatic heterocycles. The molecule has 1 saturated heterocycles. The van der Waals surface area contributed by atoms with Gasteiger partial charge in [-0.3, -0.25) is 19.6 Å². The highest BCUT2D eigenvalue weighted by molar-refractivity contribution is 5.95. The van der Waals surface area contributed by atoms with Crippen molar-refractivity contribution in [2.45, 2.75) is 51.6 Å². The van der Waals surface area contributed by atoms with Crippen LogP contribution in [-0.4, -0.2) is 38.8 Å². The van der Waals surface area contributed by atoms with Gasteiger partial charge in [-0.05, 0) is 56.5 Å². The first-order valence-electron chi connectivity index (χ1n) is 11.6. The summed E-state index contributed by atoms with van der Waals surface area (Å²) in [6.45, 7) is 4.98. The molecule has 2 aliphatic heterocycles. The third kappa shape index (κ3) is 4.64. The first-order chi connectivity index (χ1) is 16.1. The van der Waals surface area contributed by atoms with E-state index in [2.05, 4.69) is 22.0 Å². The Morgan fingerprint density at radius 2 is 1.88 bits per heavy atom. The zero-order valence-corrected chi connectivity index (χ0v) is 18.9. The Morgan fingerprint density at radius 3 is 2.70 bits per heavy atom. The average molecular weight is 446 g/mol. The maximum Gasteiger partial charge on any atom is 0.228 e. The molecule has 33 heavy (non-hydrogen) atoms. The number of amides is 1. The molecule has 0 bridgehead atoms. The predicted molar refractivity (Wildman–Crippen MR) is 124 cm³/mol. The lowest BCUT2D eigenvalue weighted by atomic mass is 9.95. The first-order valence-corrected chi connectivity index (χ1v) is 11.6. The number of halogens is 1. The molecule has 5 rings (SSSR count). The Bertz CT molecular complexity index is 1150. The molecule has 0 spiro atoms. The van der Waals surface area contributed by atoms with Gasteiger partial charge in [0, 0.05) is 54.6 Å². The summed E-state index contributed by atoms with van der Waals surface area (Å²) in [6, 6.07) is 10.7. The third-order valence-corrected chi connectivity index (χ3v) is 6.67. The third-order valence-electron chi connectivity index (χ3n) is 6.67. The van der Waals surface area contributed by atoms with E-state index in [1.54, 1.807) is 23.1 Å². The summed E-state index contributed by atoms with van der Waals surface area (Å²) < 4.78 is 14.3. The summed E-state index contributed by atoms with van der Waals surface area (Å²) in [5, 5.41) is 0. The Labute approximate surface area is 193 Å². The first kappa shape index (κ1) is 21.6. The molecular formula is C26H28FN5O. The highest BCUT2D eigenvalue weighted by Gasteiger charge is 2.31. The van der Waals surface area contributed by atoms with Gasteiger partial charge in [-0.2, -0.15) is 0 Å². The molecule has 7 heteroatoms. The number of carbonyl (C=O) groups is 1. The van der Waals surface area contributed by atoms with Gasteiger partial charge in [-0.1, -0.05) is 18.2 Å². The second-order valence-corrected chi connectivity index (χ2v) is 8.97. The van der Waals surface area contributed by atoms with Crippen LogP contribution in [0.2, 0.25) is 0 Å². The van der Waals surface area contributed by atoms with E-state index < -0.39 is 0 Å². The second-order valence-electron chi connectivity index (χ2n) is 8.97. The molecule has 0 N–H and O–H groups in total. The molecule has 4 heterocycles. The van der Waals surface area contributed by atoms with Crippen molar-refractivity contribution >= 4 is 11.7 Å². The van der Waals surface area contributed by atoms with Crippen LogP contribution in [0.15, 0.2) is 48.8 Å². The summed E-state index contributed by atoms with van der Waals surface area (Å²) in [7, 11) is 0. The number of anilines is 1. The summed E-state index contributed by atoms with van der Waals surface area (Å²) >= 11 is 0. The van der Waals surface area contributed by atoms with Gasteiger partial charge < -0.3 is 0 Å². The van der Waals surface area contributed by atoms with Crippen molar-refractivity contribution in [1.82, 2.24) is 19.9 Å². The molecule has 1 aromatic carbocycles. The number of benzene rings is 1. The summed E-state index contributed by atoms with van der Waals surface area (Å²) in [5.74, 6) is 1.33. The zero-order chi connectivity index (χ0) is 22.8. The van der Waals surface area contributed by atoms with Gasteiger partial charge in [-0.25, -0.2) is 14.4 Å². The molecule has 0 aliphatic carbocycles. The molecule has 3 aromatic rings. The predicted octanol–water partition coefficient (Wildman–Crippen LogP) is 4.18. The quantitative estimate of drug-likeness (QED) is 0.590. The number of carbonyl (C=O) groups excluding carboxylic acids is 1. The second kappa shape index (κ2) is 9.35. The van der Waals surface area contributed by atoms with E-state index in [1.165, 1.54) is 11.6 Å². The number of hydrogen-bond acceptors (Lipinski definition) is 5. The standard InChI is InChI=1S/C26H28FN5O/c1-18-22-8-9-24(33)32(17-20-5-2-3-7-23(20)27)26(22)30-25(29-18)21-6-4-14-31(16-21)15-19-10-12-28-13-11-19/h2-3,5,7,10-13,21H,4,6,8-9,14-17H2,1H3/t21-/m1/s1. The summed E-state index contributed by atoms with van der Waals surface area (Å²) in [5.41, 5.74) is 3.67. The van der Waals surface area contributed by atoms with E-state index in [-0.39, 0.29) is 24.2 Å². The van der Waals surface area contributed by atoms with E-state index in [0.717, 1.165) is 49.6 Å². The molecule has 0 unspecified atom stereocenters. The maximum absolute atomic E-state index is 14.3. The monoisotopic (exact) mass is 445 g/mol. The van der Waals surface area contributed by atoms with Gasteiger partial charge in [0.1, 0.15) is 17.5 Å². The van der Waals surface area contributed by atoms with Crippen molar-refractivity contribution in [1.29, 1.82) is 0 Å². The van der Waals surface area contributed by atoms with Crippen molar-refractivity contribution in [2.75, 3.05) is 18.0 Å². The van der Waals surface area contributed by atoms with Gasteiger partial charge in [0.05, 0.1) is 6.54 Å². The van der Waals surface area contributed by atoms with Crippen molar-refractivity contribution in [3.05, 3.63) is 82.8 Å². The number of pyridine rings is 1. The Kier molecular flexibility index (Phi) is 6.13. The highest BCUT2D eigenvalue weighted by atomic mass is 19.1. The normalized spacial score (nSPS) is 18.9. The van der Waals surface area contributed by atoms with Crippen molar-refractivity contribution in [3.63, 3.8) is 0 Å². The molecular weight excluding hydrogens is 417 g/mol. The van der Waals surface area contributed by atoms with E-state index >= 15 is 0 Å². The molecule has 1 fully saturated rings. The van der Waals surface area contributed by atoms with E-state index in [4.69, 9.17) is 9.97 Å². The lowest BCUT2D eigenvalue weighted by Gasteiger charge is -2.34. The molecule has 170 valence electrons. The minimum atomic E-state index is -0.303. The molecule has 6 nitrogen and oxygen atoms in total. The number of aryl methyl sites for hydroxylation is 1. The van der Waals surface area contributed by atoms with Crippen LogP contribution < -0.4 is 4.90 Å². The number of piperidine rings is 1. The zero-order valence-electron chi connectivity index (χ0n) is 18.9. The number of likely N-dealkylation sites (tertiary alicyclic amines) is 1. The number of rotatable bonds is 5. The van der Waals surface area contributed by atoms with Crippen LogP contribution in [0.3, 0.4) is 0 Å². The van der Waals surface area contributed by atoms with Crippen LogP contribution in [0.4, 0.5) is 10.2 Å². The minimum absolute atomic E-state index is 0.0160. The Hall–Kier alpha value is -3.19. The summed E-state index contributed by atoms with van der Waals surface area (Å²) in [4.78, 5) is 30.9. The average Bonchev–Trinajstić information content (AvgIpc) is 2.83. The van der Waals surface area contributed by atoms with E-state index in [0.29, 0.717) is 24.2 Å². The Morgan fingerprint density at radius 1 is 1.06 bits per heavy atom. The van der Waals surface area contributed by atoms with E-state index in [1.807, 2.05) is 19.3 Å². The van der Waals surface area contributed by atoms with Crippen molar-refractivity contribution < 1.29 is 9.18 Å². The van der Waals surface area contributed by atoms with Gasteiger partial charge in [-0.15, -0.1) is 0 Å². The molecule has 1 atom stereocenters. The fourth-order valence-electron chi connectivity index (χ4n) is 4.90. The number of aromatic nitrogens is 3. The fraction of sp³-hybridized carbons (Fsp3) is 0.385. The molecule has 0 saturated carbocycles. The molecule has 2 aliphatic rings. The highest BCUT2D eigenvalue weighted by Crippen LogP contribution is 2.33. The lowest BCUT2D eigenvalue weighted by molar-refractivity contribution is -0.119. The van der Waals surface area contributed by atoms with E-state index in [9.17, 15) is 9.18 Å². The van der Waals surface area contributed by atoms with Crippen LogP contribution in [0.25, 0.3) is 0 Å². The number of hydrogen-bond donors (Lipinski definition) is 0. The van der Waals surface area contributed by atoms with Gasteiger partial charge >= 0.3 is 0 Å². The van der Waals surface area contributed by atoms with Crippen LogP contribution in [0.5, 0.6) is 0 Å². The SMILES string of the molecule is Cc1nc([C@@H]2CCCN(Cc3ccncc3)C2)nc2c1CCC(=O)N2Cc1ccccc1F. The van der Waals surface area contributed by atoms with Crippen LogP contribution >= 0.6 is 0 Å². The van der Waals surface area contributed by atoms with Crippen LogP contribution in [0.1, 0.15) is 53.4 Å². The van der Waals surface area contributed by atoms with Crippen LogP contribution in [-0.2, 0) is 24.3 Å². The molecule has 1 amide bonds. The van der Waals surface area contributed by atoms with Gasteiger partial charge in [0.2, 0.25) is 5.91 Å². The number of nitrogens with zero attached hydrogens (tertiary/aromatic N) is 5. The van der Waals surface area contributed by atoms with Gasteiger partial charge in [0.25, 0.3) is 0 Å². The molecule has 0 radical (unpaired) electrons. The van der Waals surface area contributed by atoms with Crippen molar-refractivity contribution in [3.8, 4) is 0 Å². The van der Waals surface area contributed by atoms with Gasteiger partial charge in [0.15, 0.2) is 0 Å². The van der Waals surface area contributed by atoms with Crippen LogP contribution in [0, 0.1) is 12.7 Å². The topological polar surface area (TPSA) is 62.2 Å². The van der Waals surface area contributed by atoms with Crippen molar-refractivity contribution in [2.24, 2.45) is 0 Å².